The van der Waals surface area contributed by atoms with Crippen molar-refractivity contribution >= 4 is 32.9 Å². The summed E-state index contributed by atoms with van der Waals surface area (Å²) in [4.78, 5) is 5.22. The van der Waals surface area contributed by atoms with Crippen LogP contribution in [0.3, 0.4) is 0 Å². The highest BCUT2D eigenvalue weighted by molar-refractivity contribution is 7.94. The zero-order valence-electron chi connectivity index (χ0n) is 14.1. The van der Waals surface area contributed by atoms with E-state index in [4.69, 9.17) is 0 Å². The molecule has 2 aromatic heterocycles. The van der Waals surface area contributed by atoms with Gasteiger partial charge >= 0.3 is 0 Å². The van der Waals surface area contributed by atoms with Gasteiger partial charge in [0.2, 0.25) is 0 Å². The summed E-state index contributed by atoms with van der Waals surface area (Å²) in [7, 11) is -3.60. The molecule has 0 aliphatic carbocycles. The van der Waals surface area contributed by atoms with Gasteiger partial charge in [-0.05, 0) is 48.4 Å². The molecule has 0 aliphatic rings. The third-order valence-corrected chi connectivity index (χ3v) is 6.76. The van der Waals surface area contributed by atoms with E-state index in [1.807, 2.05) is 13.0 Å². The second-order valence-corrected chi connectivity index (χ2v) is 8.67. The summed E-state index contributed by atoms with van der Waals surface area (Å²) < 4.78 is 40.5. The number of halogens is 1. The van der Waals surface area contributed by atoms with Gasteiger partial charge in [0, 0.05) is 11.4 Å². The molecule has 0 unspecified atom stereocenters. The molecule has 136 valence electrons. The fourth-order valence-corrected chi connectivity index (χ4v) is 4.59. The van der Waals surface area contributed by atoms with Crippen LogP contribution in [0.2, 0.25) is 0 Å². The first-order chi connectivity index (χ1) is 12.5. The zero-order chi connectivity index (χ0) is 18.6. The summed E-state index contributed by atoms with van der Waals surface area (Å²) in [6.07, 6.45) is 2.26. The molecule has 26 heavy (non-hydrogen) atoms. The van der Waals surface area contributed by atoms with Crippen molar-refractivity contribution in [3.05, 3.63) is 71.0 Å². The summed E-state index contributed by atoms with van der Waals surface area (Å²) in [5, 5.41) is 3.10. The SMILES string of the molecule is CCc1ccc(S(=O)(=O)Nc2ccc(NCc3ccc(F)cc3)nc2)s1. The number of benzene rings is 1. The minimum Gasteiger partial charge on any atom is -0.366 e. The number of hydrogen-bond donors (Lipinski definition) is 2. The smallest absolute Gasteiger partial charge is 0.271 e. The molecule has 2 heterocycles. The molecule has 5 nitrogen and oxygen atoms in total. The van der Waals surface area contributed by atoms with Crippen LogP contribution in [-0.2, 0) is 23.0 Å². The van der Waals surface area contributed by atoms with Crippen molar-refractivity contribution in [2.45, 2.75) is 24.1 Å². The molecule has 0 fully saturated rings. The van der Waals surface area contributed by atoms with Gasteiger partial charge in [-0.15, -0.1) is 11.3 Å². The van der Waals surface area contributed by atoms with Crippen molar-refractivity contribution in [3.63, 3.8) is 0 Å². The van der Waals surface area contributed by atoms with E-state index in [0.29, 0.717) is 18.1 Å². The molecule has 0 saturated heterocycles. The van der Waals surface area contributed by atoms with Gasteiger partial charge in [0.05, 0.1) is 11.9 Å². The Morgan fingerprint density at radius 1 is 1.08 bits per heavy atom. The Morgan fingerprint density at radius 2 is 1.85 bits per heavy atom. The zero-order valence-corrected chi connectivity index (χ0v) is 15.7. The van der Waals surface area contributed by atoms with Crippen LogP contribution in [0.1, 0.15) is 17.4 Å². The highest BCUT2D eigenvalue weighted by atomic mass is 32.2. The van der Waals surface area contributed by atoms with E-state index >= 15 is 0 Å². The van der Waals surface area contributed by atoms with Crippen molar-refractivity contribution in [1.29, 1.82) is 0 Å². The lowest BCUT2D eigenvalue weighted by molar-refractivity contribution is 0.603. The van der Waals surface area contributed by atoms with Crippen molar-refractivity contribution in [2.24, 2.45) is 0 Å². The van der Waals surface area contributed by atoms with E-state index in [2.05, 4.69) is 15.0 Å². The number of hydrogen-bond acceptors (Lipinski definition) is 5. The summed E-state index contributed by atoms with van der Waals surface area (Å²) in [6.45, 7) is 2.48. The Labute approximate surface area is 156 Å². The molecule has 0 radical (unpaired) electrons. The molecule has 0 amide bonds. The number of aromatic nitrogens is 1. The number of pyridine rings is 1. The monoisotopic (exact) mass is 391 g/mol. The molecule has 0 spiro atoms. The van der Waals surface area contributed by atoms with E-state index < -0.39 is 10.0 Å². The van der Waals surface area contributed by atoms with Crippen LogP contribution in [-0.4, -0.2) is 13.4 Å². The summed E-state index contributed by atoms with van der Waals surface area (Å²) in [5.41, 5.74) is 1.31. The van der Waals surface area contributed by atoms with Crippen LogP contribution >= 0.6 is 11.3 Å². The van der Waals surface area contributed by atoms with E-state index in [0.717, 1.165) is 16.9 Å². The molecule has 0 atom stereocenters. The lowest BCUT2D eigenvalue weighted by Gasteiger charge is -2.08. The lowest BCUT2D eigenvalue weighted by atomic mass is 10.2. The molecular formula is C18H18FN3O2S2. The summed E-state index contributed by atoms with van der Waals surface area (Å²) in [5.74, 6) is 0.321. The van der Waals surface area contributed by atoms with E-state index in [-0.39, 0.29) is 10.0 Å². The van der Waals surface area contributed by atoms with Gasteiger partial charge in [0.25, 0.3) is 10.0 Å². The number of nitrogens with zero attached hydrogens (tertiary/aromatic N) is 1. The van der Waals surface area contributed by atoms with Gasteiger partial charge in [-0.25, -0.2) is 17.8 Å². The molecule has 8 heteroatoms. The molecule has 3 aromatic rings. The minimum absolute atomic E-state index is 0.277. The second-order valence-electron chi connectivity index (χ2n) is 5.59. The maximum atomic E-state index is 12.9. The third kappa shape index (κ3) is 4.59. The minimum atomic E-state index is -3.60. The van der Waals surface area contributed by atoms with Crippen LogP contribution in [0.25, 0.3) is 0 Å². The summed E-state index contributed by atoms with van der Waals surface area (Å²) in [6, 6.07) is 12.9. The first-order valence-corrected chi connectivity index (χ1v) is 10.3. The predicted molar refractivity (Wildman–Crippen MR) is 102 cm³/mol. The van der Waals surface area contributed by atoms with Gasteiger partial charge in [-0.2, -0.15) is 0 Å². The molecule has 0 aliphatic heterocycles. The molecule has 2 N–H and O–H groups in total. The lowest BCUT2D eigenvalue weighted by Crippen LogP contribution is -2.11. The second kappa shape index (κ2) is 7.84. The van der Waals surface area contributed by atoms with E-state index in [1.165, 1.54) is 29.7 Å². The van der Waals surface area contributed by atoms with E-state index in [1.54, 1.807) is 30.3 Å². The maximum Gasteiger partial charge on any atom is 0.271 e. The van der Waals surface area contributed by atoms with Gasteiger partial charge in [-0.1, -0.05) is 19.1 Å². The molecule has 0 saturated carbocycles. The van der Waals surface area contributed by atoms with Gasteiger partial charge in [0.15, 0.2) is 0 Å². The van der Waals surface area contributed by atoms with Gasteiger partial charge in [-0.3, -0.25) is 4.72 Å². The number of thiophene rings is 1. The first kappa shape index (κ1) is 18.3. The average molecular weight is 391 g/mol. The Hall–Kier alpha value is -2.45. The highest BCUT2D eigenvalue weighted by Gasteiger charge is 2.16. The Balaban J connectivity index is 1.62. The Morgan fingerprint density at radius 3 is 2.46 bits per heavy atom. The van der Waals surface area contributed by atoms with Gasteiger partial charge < -0.3 is 5.32 Å². The maximum absolute atomic E-state index is 12.9. The average Bonchev–Trinajstić information content (AvgIpc) is 3.12. The normalized spacial score (nSPS) is 11.3. The van der Waals surface area contributed by atoms with Crippen LogP contribution < -0.4 is 10.0 Å². The van der Waals surface area contributed by atoms with Crippen molar-refractivity contribution in [2.75, 3.05) is 10.0 Å². The molecule has 1 aromatic carbocycles. The Kier molecular flexibility index (Phi) is 5.53. The van der Waals surface area contributed by atoms with Crippen molar-refractivity contribution in [3.8, 4) is 0 Å². The van der Waals surface area contributed by atoms with Crippen molar-refractivity contribution in [1.82, 2.24) is 4.98 Å². The summed E-state index contributed by atoms with van der Waals surface area (Å²) >= 11 is 1.26. The van der Waals surface area contributed by atoms with E-state index in [9.17, 15) is 12.8 Å². The largest absolute Gasteiger partial charge is 0.366 e. The molecule has 3 rings (SSSR count). The Bertz CT molecular complexity index is 968. The molecular weight excluding hydrogens is 373 g/mol. The van der Waals surface area contributed by atoms with Crippen LogP contribution in [0.15, 0.2) is 58.9 Å². The topological polar surface area (TPSA) is 71.1 Å². The van der Waals surface area contributed by atoms with Crippen LogP contribution in [0, 0.1) is 5.82 Å². The number of aryl methyl sites for hydroxylation is 1. The first-order valence-electron chi connectivity index (χ1n) is 8.02. The standard InChI is InChI=1S/C18H18FN3O2S2/c1-2-16-8-10-18(25-16)26(23,24)22-15-7-9-17(21-12-15)20-11-13-3-5-14(19)6-4-13/h3-10,12,22H,2,11H2,1H3,(H,20,21). The fraction of sp³-hybridized carbons (Fsp3) is 0.167. The third-order valence-electron chi connectivity index (χ3n) is 3.65. The highest BCUT2D eigenvalue weighted by Crippen LogP contribution is 2.24. The van der Waals surface area contributed by atoms with Crippen LogP contribution in [0.4, 0.5) is 15.9 Å². The molecule has 0 bridgehead atoms. The van der Waals surface area contributed by atoms with Gasteiger partial charge in [0.1, 0.15) is 15.8 Å². The number of nitrogens with one attached hydrogen (secondary N) is 2. The van der Waals surface area contributed by atoms with Crippen LogP contribution in [0.5, 0.6) is 0 Å². The fourth-order valence-electron chi connectivity index (χ4n) is 2.25. The predicted octanol–water partition coefficient (Wildman–Crippen LogP) is 4.26. The number of rotatable bonds is 7. The number of sulfonamides is 1. The quantitative estimate of drug-likeness (QED) is 0.631. The van der Waals surface area contributed by atoms with Crippen molar-refractivity contribution < 1.29 is 12.8 Å². The number of anilines is 2.